The van der Waals surface area contributed by atoms with Crippen molar-refractivity contribution in [2.75, 3.05) is 14.2 Å². The van der Waals surface area contributed by atoms with E-state index in [0.29, 0.717) is 37.2 Å². The van der Waals surface area contributed by atoms with E-state index in [-0.39, 0.29) is 17.9 Å². The fourth-order valence-corrected chi connectivity index (χ4v) is 5.28. The predicted octanol–water partition coefficient (Wildman–Crippen LogP) is 4.57. The second-order valence-electron chi connectivity index (χ2n) is 8.33. The molecule has 0 aromatic heterocycles. The molecule has 0 aliphatic carbocycles. The van der Waals surface area contributed by atoms with Gasteiger partial charge in [0.15, 0.2) is 11.5 Å². The molecular formula is C21H31NO4Si. The number of likely N-dealkylation sites (tertiary alicyclic amines) is 1. The van der Waals surface area contributed by atoms with E-state index in [1.165, 1.54) is 4.90 Å². The molecule has 1 unspecified atom stereocenters. The molecule has 0 N–H and O–H groups in total. The predicted molar refractivity (Wildman–Crippen MR) is 110 cm³/mol. The number of ether oxygens (including phenoxy) is 2. The summed E-state index contributed by atoms with van der Waals surface area (Å²) in [6.45, 7) is 11.1. The van der Waals surface area contributed by atoms with Crippen molar-refractivity contribution in [3.05, 3.63) is 35.9 Å². The van der Waals surface area contributed by atoms with E-state index in [2.05, 4.69) is 26.2 Å². The standard InChI is InChI=1S/C21H31NO4Si/c1-15(14-27(4,5)6)12-17(22-20(23)8-7-9-21(22)24)16-10-11-18(25-2)19(13-16)26-3/h10-11,13,17H,1,7-9,12,14H2,2-6H3. The minimum Gasteiger partial charge on any atom is -0.493 e. The number of hydrogen-bond acceptors (Lipinski definition) is 4. The van der Waals surface area contributed by atoms with E-state index in [9.17, 15) is 9.59 Å². The van der Waals surface area contributed by atoms with E-state index in [4.69, 9.17) is 9.47 Å². The van der Waals surface area contributed by atoms with Crippen LogP contribution in [0.15, 0.2) is 30.4 Å². The quantitative estimate of drug-likeness (QED) is 0.371. The average molecular weight is 390 g/mol. The average Bonchev–Trinajstić information content (AvgIpc) is 2.58. The van der Waals surface area contributed by atoms with Gasteiger partial charge < -0.3 is 9.47 Å². The van der Waals surface area contributed by atoms with Gasteiger partial charge in [-0.05, 0) is 36.6 Å². The molecule has 1 aliphatic heterocycles. The highest BCUT2D eigenvalue weighted by molar-refractivity contribution is 6.76. The van der Waals surface area contributed by atoms with Crippen LogP contribution in [0.3, 0.4) is 0 Å². The summed E-state index contributed by atoms with van der Waals surface area (Å²) in [6, 6.07) is 6.20. The molecular weight excluding hydrogens is 358 g/mol. The fraction of sp³-hybridized carbons (Fsp3) is 0.524. The molecule has 1 saturated heterocycles. The van der Waals surface area contributed by atoms with Crippen molar-refractivity contribution in [3.63, 3.8) is 0 Å². The van der Waals surface area contributed by atoms with Gasteiger partial charge >= 0.3 is 0 Å². The van der Waals surface area contributed by atoms with Crippen molar-refractivity contribution in [2.45, 2.75) is 57.4 Å². The summed E-state index contributed by atoms with van der Waals surface area (Å²) in [4.78, 5) is 26.6. The van der Waals surface area contributed by atoms with Gasteiger partial charge in [0.25, 0.3) is 0 Å². The van der Waals surface area contributed by atoms with Gasteiger partial charge in [0.1, 0.15) is 0 Å². The molecule has 1 fully saturated rings. The molecule has 6 heteroatoms. The van der Waals surface area contributed by atoms with Crippen molar-refractivity contribution in [2.24, 2.45) is 0 Å². The molecule has 5 nitrogen and oxygen atoms in total. The minimum absolute atomic E-state index is 0.105. The van der Waals surface area contributed by atoms with Gasteiger partial charge in [0.05, 0.1) is 20.3 Å². The number of imide groups is 1. The number of rotatable bonds is 8. The smallest absolute Gasteiger partial charge is 0.229 e. The lowest BCUT2D eigenvalue weighted by Gasteiger charge is -2.34. The Morgan fingerprint density at radius 3 is 2.22 bits per heavy atom. The summed E-state index contributed by atoms with van der Waals surface area (Å²) in [5.74, 6) is 1.00. The number of amides is 2. The van der Waals surface area contributed by atoms with E-state index >= 15 is 0 Å². The second-order valence-corrected chi connectivity index (χ2v) is 13.8. The number of carbonyl (C=O) groups excluding carboxylic acids is 2. The Kier molecular flexibility index (Phi) is 6.87. The monoisotopic (exact) mass is 389 g/mol. The first-order chi connectivity index (χ1) is 12.7. The van der Waals surface area contributed by atoms with E-state index in [0.717, 1.165) is 17.2 Å². The number of methoxy groups -OCH3 is 2. The third kappa shape index (κ3) is 5.45. The van der Waals surface area contributed by atoms with Gasteiger partial charge in [-0.25, -0.2) is 0 Å². The van der Waals surface area contributed by atoms with Crippen LogP contribution in [0, 0.1) is 0 Å². The van der Waals surface area contributed by atoms with Crippen LogP contribution in [0.2, 0.25) is 25.7 Å². The third-order valence-corrected chi connectivity index (χ3v) is 6.25. The summed E-state index contributed by atoms with van der Waals surface area (Å²) in [5.41, 5.74) is 1.95. The highest BCUT2D eigenvalue weighted by Gasteiger charge is 2.34. The lowest BCUT2D eigenvalue weighted by atomic mass is 9.95. The maximum absolute atomic E-state index is 12.6. The van der Waals surface area contributed by atoms with Crippen LogP contribution in [0.1, 0.15) is 37.3 Å². The molecule has 0 bridgehead atoms. The SMILES string of the molecule is C=C(CC(c1ccc(OC)c(OC)c1)N1C(=O)CCCC1=O)C[Si](C)(C)C. The highest BCUT2D eigenvalue weighted by Crippen LogP contribution is 2.37. The summed E-state index contributed by atoms with van der Waals surface area (Å²) in [7, 11) is 1.83. The van der Waals surface area contributed by atoms with Gasteiger partial charge in [0, 0.05) is 20.9 Å². The van der Waals surface area contributed by atoms with Gasteiger partial charge in [-0.15, -0.1) is 6.58 Å². The summed E-state index contributed by atoms with van der Waals surface area (Å²) < 4.78 is 10.7. The van der Waals surface area contributed by atoms with Crippen LogP contribution in [-0.2, 0) is 9.59 Å². The van der Waals surface area contributed by atoms with Crippen LogP contribution in [0.5, 0.6) is 11.5 Å². The lowest BCUT2D eigenvalue weighted by molar-refractivity contribution is -0.151. The largest absolute Gasteiger partial charge is 0.493 e. The zero-order valence-corrected chi connectivity index (χ0v) is 18.1. The Hall–Kier alpha value is -2.08. The number of benzene rings is 1. The van der Waals surface area contributed by atoms with Crippen molar-refractivity contribution in [1.29, 1.82) is 0 Å². The molecule has 1 heterocycles. The zero-order chi connectivity index (χ0) is 20.2. The number of nitrogens with zero attached hydrogens (tertiary/aromatic N) is 1. The van der Waals surface area contributed by atoms with Crippen molar-refractivity contribution >= 4 is 19.9 Å². The Morgan fingerprint density at radius 1 is 1.11 bits per heavy atom. The molecule has 27 heavy (non-hydrogen) atoms. The molecule has 1 aliphatic rings. The fourth-order valence-electron chi connectivity index (χ4n) is 3.63. The van der Waals surface area contributed by atoms with Crippen LogP contribution in [-0.4, -0.2) is 39.0 Å². The van der Waals surface area contributed by atoms with Crippen molar-refractivity contribution in [3.8, 4) is 11.5 Å². The summed E-state index contributed by atoms with van der Waals surface area (Å²) in [5, 5.41) is 0. The first-order valence-electron chi connectivity index (χ1n) is 9.39. The summed E-state index contributed by atoms with van der Waals surface area (Å²) in [6.07, 6.45) is 2.03. The molecule has 1 aromatic rings. The molecule has 0 spiro atoms. The van der Waals surface area contributed by atoms with E-state index in [1.807, 2.05) is 18.2 Å². The third-order valence-electron chi connectivity index (χ3n) is 4.69. The normalized spacial score (nSPS) is 16.3. The molecule has 1 atom stereocenters. The maximum atomic E-state index is 12.6. The molecule has 1 aromatic carbocycles. The van der Waals surface area contributed by atoms with Gasteiger partial charge in [0.2, 0.25) is 11.8 Å². The number of hydrogen-bond donors (Lipinski definition) is 0. The zero-order valence-electron chi connectivity index (χ0n) is 17.1. The van der Waals surface area contributed by atoms with E-state index < -0.39 is 8.07 Å². The van der Waals surface area contributed by atoms with Crippen LogP contribution >= 0.6 is 0 Å². The Bertz CT molecular complexity index is 707. The van der Waals surface area contributed by atoms with Crippen LogP contribution < -0.4 is 9.47 Å². The van der Waals surface area contributed by atoms with Crippen LogP contribution in [0.25, 0.3) is 0 Å². The lowest BCUT2D eigenvalue weighted by Crippen LogP contribution is -2.43. The Labute approximate surface area is 163 Å². The Morgan fingerprint density at radius 2 is 1.70 bits per heavy atom. The van der Waals surface area contributed by atoms with Gasteiger partial charge in [-0.1, -0.05) is 31.3 Å². The Balaban J connectivity index is 2.41. The van der Waals surface area contributed by atoms with E-state index in [1.54, 1.807) is 14.2 Å². The first kappa shape index (κ1) is 21.2. The maximum Gasteiger partial charge on any atom is 0.229 e. The topological polar surface area (TPSA) is 55.8 Å². The first-order valence-corrected chi connectivity index (χ1v) is 13.1. The van der Waals surface area contributed by atoms with Crippen LogP contribution in [0.4, 0.5) is 0 Å². The van der Waals surface area contributed by atoms with Crippen molar-refractivity contribution < 1.29 is 19.1 Å². The summed E-state index contributed by atoms with van der Waals surface area (Å²) >= 11 is 0. The molecule has 0 saturated carbocycles. The molecule has 0 radical (unpaired) electrons. The van der Waals surface area contributed by atoms with Gasteiger partial charge in [-0.2, -0.15) is 0 Å². The number of carbonyl (C=O) groups is 2. The number of piperidine rings is 1. The second kappa shape index (κ2) is 8.74. The molecule has 148 valence electrons. The van der Waals surface area contributed by atoms with Gasteiger partial charge in [-0.3, -0.25) is 14.5 Å². The molecule has 2 amide bonds. The highest BCUT2D eigenvalue weighted by atomic mass is 28.3. The van der Waals surface area contributed by atoms with Crippen molar-refractivity contribution in [1.82, 2.24) is 4.90 Å². The molecule has 2 rings (SSSR count). The minimum atomic E-state index is -1.34.